The standard InChI is InChI=1S/C24H30N4O5/c1-6-17(4)26-23(30)24(31)28-25-13-18-9-10-20(21(12-18)32-5)33-14-22(29)27-19-11-15(2)7-8-16(19)3/h7-13,17H,6,14H2,1-5H3,(H,26,30)(H,27,29)(H,28,31)/b25-13-/t17-/m0/s1. The van der Waals surface area contributed by atoms with Gasteiger partial charge in [0.05, 0.1) is 13.3 Å². The molecule has 33 heavy (non-hydrogen) atoms. The summed E-state index contributed by atoms with van der Waals surface area (Å²) in [6.45, 7) is 7.38. The highest BCUT2D eigenvalue weighted by Gasteiger charge is 2.14. The number of hydrogen-bond acceptors (Lipinski definition) is 6. The molecule has 0 radical (unpaired) electrons. The minimum absolute atomic E-state index is 0.105. The van der Waals surface area contributed by atoms with Crippen molar-refractivity contribution in [1.29, 1.82) is 0 Å². The van der Waals surface area contributed by atoms with E-state index in [2.05, 4.69) is 21.2 Å². The third kappa shape index (κ3) is 7.95. The first-order valence-corrected chi connectivity index (χ1v) is 10.5. The van der Waals surface area contributed by atoms with Crippen LogP contribution in [0.1, 0.15) is 37.0 Å². The number of rotatable bonds is 9. The van der Waals surface area contributed by atoms with E-state index in [0.717, 1.165) is 16.8 Å². The van der Waals surface area contributed by atoms with E-state index in [9.17, 15) is 14.4 Å². The monoisotopic (exact) mass is 454 g/mol. The van der Waals surface area contributed by atoms with Gasteiger partial charge in [0.15, 0.2) is 18.1 Å². The number of carbonyl (C=O) groups excluding carboxylic acids is 3. The average molecular weight is 455 g/mol. The Morgan fingerprint density at radius 2 is 1.82 bits per heavy atom. The molecule has 9 heteroatoms. The fraction of sp³-hybridized carbons (Fsp3) is 0.333. The third-order valence-electron chi connectivity index (χ3n) is 4.79. The van der Waals surface area contributed by atoms with Crippen LogP contribution < -0.4 is 25.5 Å². The van der Waals surface area contributed by atoms with Gasteiger partial charge in [-0.2, -0.15) is 5.10 Å². The zero-order valence-corrected chi connectivity index (χ0v) is 19.5. The SMILES string of the molecule is CC[C@H](C)NC(=O)C(=O)N/N=C\c1ccc(OCC(=O)Nc2cc(C)ccc2C)c(OC)c1. The number of benzene rings is 2. The molecule has 0 aliphatic rings. The Kier molecular flexibility index (Phi) is 9.41. The molecule has 176 valence electrons. The van der Waals surface area contributed by atoms with Crippen molar-refractivity contribution >= 4 is 29.6 Å². The zero-order chi connectivity index (χ0) is 24.4. The van der Waals surface area contributed by atoms with Crippen molar-refractivity contribution in [2.24, 2.45) is 5.10 Å². The lowest BCUT2D eigenvalue weighted by atomic mass is 10.1. The molecule has 2 rings (SSSR count). The number of aryl methyl sites for hydroxylation is 2. The Hall–Kier alpha value is -3.88. The number of nitrogens with one attached hydrogen (secondary N) is 3. The molecule has 0 saturated heterocycles. The van der Waals surface area contributed by atoms with Gasteiger partial charge in [-0.3, -0.25) is 14.4 Å². The summed E-state index contributed by atoms with van der Waals surface area (Å²) >= 11 is 0. The Balaban J connectivity index is 1.94. The molecular weight excluding hydrogens is 424 g/mol. The molecule has 0 heterocycles. The normalized spacial score (nSPS) is 11.5. The summed E-state index contributed by atoms with van der Waals surface area (Å²) in [6.07, 6.45) is 2.08. The molecule has 0 fully saturated rings. The van der Waals surface area contributed by atoms with Crippen LogP contribution in [0.15, 0.2) is 41.5 Å². The Labute approximate surface area is 193 Å². The van der Waals surface area contributed by atoms with Crippen LogP contribution >= 0.6 is 0 Å². The number of ether oxygens (including phenoxy) is 2. The van der Waals surface area contributed by atoms with Crippen LogP contribution in [0.4, 0.5) is 5.69 Å². The van der Waals surface area contributed by atoms with Gasteiger partial charge in [0.25, 0.3) is 5.91 Å². The lowest BCUT2D eigenvalue weighted by Crippen LogP contribution is -2.41. The molecule has 0 aromatic heterocycles. The second kappa shape index (κ2) is 12.2. The lowest BCUT2D eigenvalue weighted by Gasteiger charge is -2.13. The van der Waals surface area contributed by atoms with Gasteiger partial charge in [-0.05, 0) is 68.1 Å². The predicted molar refractivity (Wildman–Crippen MR) is 127 cm³/mol. The van der Waals surface area contributed by atoms with Crippen molar-refractivity contribution < 1.29 is 23.9 Å². The van der Waals surface area contributed by atoms with Gasteiger partial charge in [-0.1, -0.05) is 19.1 Å². The molecule has 0 bridgehead atoms. The van der Waals surface area contributed by atoms with Crippen molar-refractivity contribution in [3.63, 3.8) is 0 Å². The summed E-state index contributed by atoms with van der Waals surface area (Å²) in [5.41, 5.74) is 5.52. The molecule has 0 unspecified atom stereocenters. The minimum atomic E-state index is -0.853. The topological polar surface area (TPSA) is 118 Å². The summed E-state index contributed by atoms with van der Waals surface area (Å²) in [5.74, 6) is -1.13. The highest BCUT2D eigenvalue weighted by atomic mass is 16.5. The van der Waals surface area contributed by atoms with E-state index in [-0.39, 0.29) is 18.6 Å². The van der Waals surface area contributed by atoms with Crippen LogP contribution in [-0.2, 0) is 14.4 Å². The van der Waals surface area contributed by atoms with Crippen molar-refractivity contribution in [2.75, 3.05) is 19.0 Å². The molecule has 0 spiro atoms. The van der Waals surface area contributed by atoms with E-state index in [4.69, 9.17) is 9.47 Å². The quantitative estimate of drug-likeness (QED) is 0.306. The van der Waals surface area contributed by atoms with Crippen molar-refractivity contribution in [1.82, 2.24) is 10.7 Å². The molecule has 0 aliphatic heterocycles. The molecule has 9 nitrogen and oxygen atoms in total. The number of carbonyl (C=O) groups is 3. The maximum atomic E-state index is 12.3. The fourth-order valence-electron chi connectivity index (χ4n) is 2.69. The Morgan fingerprint density at radius 3 is 2.52 bits per heavy atom. The van der Waals surface area contributed by atoms with Crippen LogP contribution in [0, 0.1) is 13.8 Å². The lowest BCUT2D eigenvalue weighted by molar-refractivity contribution is -0.139. The smallest absolute Gasteiger partial charge is 0.329 e. The maximum absolute atomic E-state index is 12.3. The summed E-state index contributed by atoms with van der Waals surface area (Å²) in [7, 11) is 1.47. The molecule has 0 aliphatic carbocycles. The van der Waals surface area contributed by atoms with Crippen LogP contribution in [0.2, 0.25) is 0 Å². The largest absolute Gasteiger partial charge is 0.493 e. The van der Waals surface area contributed by atoms with E-state index in [0.29, 0.717) is 23.5 Å². The summed E-state index contributed by atoms with van der Waals surface area (Å²) in [6, 6.07) is 10.6. The van der Waals surface area contributed by atoms with Gasteiger partial charge in [0.1, 0.15) is 0 Å². The minimum Gasteiger partial charge on any atom is -0.493 e. The summed E-state index contributed by atoms with van der Waals surface area (Å²) < 4.78 is 10.9. The Bertz CT molecular complexity index is 1040. The number of nitrogens with zero attached hydrogens (tertiary/aromatic N) is 1. The molecule has 1 atom stereocenters. The van der Waals surface area contributed by atoms with Gasteiger partial charge in [0, 0.05) is 11.7 Å². The molecule has 2 aromatic rings. The number of amides is 3. The molecule has 3 amide bonds. The Morgan fingerprint density at radius 1 is 1.06 bits per heavy atom. The predicted octanol–water partition coefficient (Wildman–Crippen LogP) is 2.69. The average Bonchev–Trinajstić information content (AvgIpc) is 2.80. The van der Waals surface area contributed by atoms with E-state index >= 15 is 0 Å². The number of methoxy groups -OCH3 is 1. The van der Waals surface area contributed by atoms with Gasteiger partial charge in [0.2, 0.25) is 0 Å². The third-order valence-corrected chi connectivity index (χ3v) is 4.79. The first-order valence-electron chi connectivity index (χ1n) is 10.5. The van der Waals surface area contributed by atoms with Crippen LogP contribution in [0.3, 0.4) is 0 Å². The van der Waals surface area contributed by atoms with E-state index in [1.807, 2.05) is 39.0 Å². The van der Waals surface area contributed by atoms with Gasteiger partial charge in [-0.25, -0.2) is 5.43 Å². The van der Waals surface area contributed by atoms with E-state index in [1.54, 1.807) is 25.1 Å². The summed E-state index contributed by atoms with van der Waals surface area (Å²) in [4.78, 5) is 35.8. The van der Waals surface area contributed by atoms with Crippen LogP contribution in [0.5, 0.6) is 11.5 Å². The second-order valence-electron chi connectivity index (χ2n) is 7.55. The molecule has 0 saturated carbocycles. The molecule has 3 N–H and O–H groups in total. The van der Waals surface area contributed by atoms with Gasteiger partial charge >= 0.3 is 11.8 Å². The highest BCUT2D eigenvalue weighted by Crippen LogP contribution is 2.27. The first kappa shape index (κ1) is 25.4. The van der Waals surface area contributed by atoms with E-state index < -0.39 is 11.8 Å². The number of anilines is 1. The van der Waals surface area contributed by atoms with Gasteiger partial charge in [-0.15, -0.1) is 0 Å². The van der Waals surface area contributed by atoms with Crippen molar-refractivity contribution in [2.45, 2.75) is 40.2 Å². The highest BCUT2D eigenvalue weighted by molar-refractivity contribution is 6.35. The summed E-state index contributed by atoms with van der Waals surface area (Å²) in [5, 5.41) is 9.18. The molecular formula is C24H30N4O5. The van der Waals surface area contributed by atoms with Crippen LogP contribution in [0.25, 0.3) is 0 Å². The maximum Gasteiger partial charge on any atom is 0.329 e. The molecule has 2 aromatic carbocycles. The first-order chi connectivity index (χ1) is 15.7. The number of hydrazone groups is 1. The van der Waals surface area contributed by atoms with Crippen molar-refractivity contribution in [3.8, 4) is 11.5 Å². The zero-order valence-electron chi connectivity index (χ0n) is 19.5. The fourth-order valence-corrected chi connectivity index (χ4v) is 2.69. The number of hydrogen-bond donors (Lipinski definition) is 3. The van der Waals surface area contributed by atoms with Gasteiger partial charge < -0.3 is 20.1 Å². The van der Waals surface area contributed by atoms with E-state index in [1.165, 1.54) is 13.3 Å². The second-order valence-corrected chi connectivity index (χ2v) is 7.55. The van der Waals surface area contributed by atoms with Crippen LogP contribution in [-0.4, -0.2) is 43.7 Å². The van der Waals surface area contributed by atoms with Crippen molar-refractivity contribution in [3.05, 3.63) is 53.1 Å².